The van der Waals surface area contributed by atoms with E-state index in [9.17, 15) is 4.79 Å². The number of rotatable bonds is 3. The van der Waals surface area contributed by atoms with Gasteiger partial charge in [-0.3, -0.25) is 4.98 Å². The minimum absolute atomic E-state index is 0.331. The lowest BCUT2D eigenvalue weighted by molar-refractivity contribution is 0.0605. The van der Waals surface area contributed by atoms with Crippen molar-refractivity contribution in [2.24, 2.45) is 5.92 Å². The molecule has 0 unspecified atom stereocenters. The number of pyridine rings is 1. The van der Waals surface area contributed by atoms with Gasteiger partial charge in [-0.15, -0.1) is 11.3 Å². The topological polar surface area (TPSA) is 48.4 Å². The average Bonchev–Trinajstić information content (AvgIpc) is 2.93. The van der Waals surface area contributed by atoms with Crippen LogP contribution in [0.25, 0.3) is 10.2 Å². The molecule has 0 spiro atoms. The van der Waals surface area contributed by atoms with E-state index in [0.29, 0.717) is 4.88 Å². The normalized spacial score (nSPS) is 9.61. The quantitative estimate of drug-likeness (QED) is 0.695. The third-order valence-electron chi connectivity index (χ3n) is 3.18. The van der Waals surface area contributed by atoms with Crippen molar-refractivity contribution in [1.29, 1.82) is 0 Å². The van der Waals surface area contributed by atoms with E-state index in [0.717, 1.165) is 27.4 Å². The number of thiophene rings is 1. The number of methoxy groups -OCH3 is 2. The summed E-state index contributed by atoms with van der Waals surface area (Å²) in [5, 5.41) is 0. The van der Waals surface area contributed by atoms with Crippen LogP contribution in [0, 0.1) is 12.8 Å². The van der Waals surface area contributed by atoms with Crippen LogP contribution in [0.3, 0.4) is 0 Å². The summed E-state index contributed by atoms with van der Waals surface area (Å²) < 4.78 is 10.8. The first kappa shape index (κ1) is 21.4. The van der Waals surface area contributed by atoms with Gasteiger partial charge in [-0.05, 0) is 18.9 Å². The van der Waals surface area contributed by atoms with Crippen LogP contribution < -0.4 is 4.74 Å². The smallest absolute Gasteiger partial charge is 0.348 e. The third-order valence-corrected chi connectivity index (χ3v) is 4.45. The summed E-state index contributed by atoms with van der Waals surface area (Å²) in [6.07, 6.45) is 2.97. The van der Waals surface area contributed by atoms with Crippen molar-refractivity contribution in [3.05, 3.63) is 22.7 Å². The SMILES string of the molecule is CC.CCC(C)C.COC(=O)c1sc2c(OC)ccnc2c1C. The number of hydrogen-bond acceptors (Lipinski definition) is 5. The first-order valence-electron chi connectivity index (χ1n) is 7.96. The molecule has 0 atom stereocenters. The van der Waals surface area contributed by atoms with Crippen LogP contribution in [0.2, 0.25) is 0 Å². The standard InChI is InChI=1S/C11H11NO3S.C5H12.C2H6/c1-6-8-10(7(14-2)4-5-12-8)16-9(6)11(13)15-3;1-4-5(2)3;1-2/h4-5H,1-3H3;5H,4H2,1-3H3;1-2H3. The molecule has 0 aromatic carbocycles. The molecule has 130 valence electrons. The highest BCUT2D eigenvalue weighted by Crippen LogP contribution is 2.35. The Bertz CT molecular complexity index is 606. The molecule has 4 nitrogen and oxygen atoms in total. The Morgan fingerprint density at radius 2 is 1.87 bits per heavy atom. The van der Waals surface area contributed by atoms with Gasteiger partial charge in [-0.25, -0.2) is 4.79 Å². The maximum atomic E-state index is 11.5. The van der Waals surface area contributed by atoms with Crippen LogP contribution in [0.1, 0.15) is 56.3 Å². The zero-order valence-corrected chi connectivity index (χ0v) is 16.3. The molecule has 0 radical (unpaired) electrons. The highest BCUT2D eigenvalue weighted by molar-refractivity contribution is 7.21. The second-order valence-corrected chi connectivity index (χ2v) is 6.06. The summed E-state index contributed by atoms with van der Waals surface area (Å²) in [5.74, 6) is 1.28. The number of carbonyl (C=O) groups is 1. The number of aryl methyl sites for hydroxylation is 1. The number of nitrogens with zero attached hydrogens (tertiary/aromatic N) is 1. The summed E-state index contributed by atoms with van der Waals surface area (Å²) in [6.45, 7) is 12.5. The fourth-order valence-corrected chi connectivity index (χ4v) is 2.71. The monoisotopic (exact) mass is 339 g/mol. The molecule has 0 fully saturated rings. The Labute approximate surface area is 143 Å². The van der Waals surface area contributed by atoms with Crippen molar-refractivity contribution in [3.63, 3.8) is 0 Å². The molecule has 0 bridgehead atoms. The van der Waals surface area contributed by atoms with Gasteiger partial charge in [0.15, 0.2) is 0 Å². The van der Waals surface area contributed by atoms with Gasteiger partial charge in [0.05, 0.1) is 24.4 Å². The van der Waals surface area contributed by atoms with Crippen LogP contribution in [-0.2, 0) is 4.74 Å². The maximum absolute atomic E-state index is 11.5. The largest absolute Gasteiger partial charge is 0.495 e. The van der Waals surface area contributed by atoms with Gasteiger partial charge in [0.1, 0.15) is 10.6 Å². The molecule has 0 saturated carbocycles. The summed E-state index contributed by atoms with van der Waals surface area (Å²) >= 11 is 1.35. The Balaban J connectivity index is 0.000000594. The van der Waals surface area contributed by atoms with Gasteiger partial charge < -0.3 is 9.47 Å². The zero-order chi connectivity index (χ0) is 18.0. The molecular formula is C18H29NO3S. The first-order valence-corrected chi connectivity index (χ1v) is 8.78. The molecular weight excluding hydrogens is 310 g/mol. The summed E-state index contributed by atoms with van der Waals surface area (Å²) in [5.41, 5.74) is 1.63. The summed E-state index contributed by atoms with van der Waals surface area (Å²) in [7, 11) is 2.97. The second kappa shape index (κ2) is 11.0. The number of hydrogen-bond donors (Lipinski definition) is 0. The summed E-state index contributed by atoms with van der Waals surface area (Å²) in [4.78, 5) is 16.4. The fourth-order valence-electron chi connectivity index (χ4n) is 1.53. The number of fused-ring (bicyclic) bond motifs is 1. The van der Waals surface area contributed by atoms with Gasteiger partial charge in [0, 0.05) is 11.8 Å². The molecule has 2 aromatic rings. The molecule has 0 aliphatic rings. The van der Waals surface area contributed by atoms with E-state index < -0.39 is 0 Å². The molecule has 2 rings (SSSR count). The predicted molar refractivity (Wildman–Crippen MR) is 98.7 cm³/mol. The Morgan fingerprint density at radius 1 is 1.30 bits per heavy atom. The lowest BCUT2D eigenvalue weighted by Crippen LogP contribution is -1.99. The van der Waals surface area contributed by atoms with Gasteiger partial charge in [0.25, 0.3) is 0 Å². The molecule has 0 aliphatic carbocycles. The lowest BCUT2D eigenvalue weighted by Gasteiger charge is -1.98. The van der Waals surface area contributed by atoms with E-state index in [1.807, 2.05) is 20.8 Å². The molecule has 0 N–H and O–H groups in total. The van der Waals surface area contributed by atoms with Crippen LogP contribution in [-0.4, -0.2) is 25.2 Å². The van der Waals surface area contributed by atoms with Crippen molar-refractivity contribution in [3.8, 4) is 5.75 Å². The van der Waals surface area contributed by atoms with Crippen LogP contribution in [0.15, 0.2) is 12.3 Å². The number of aromatic nitrogens is 1. The maximum Gasteiger partial charge on any atom is 0.348 e. The molecule has 0 aliphatic heterocycles. The molecule has 2 aromatic heterocycles. The highest BCUT2D eigenvalue weighted by atomic mass is 32.1. The summed E-state index contributed by atoms with van der Waals surface area (Å²) in [6, 6.07) is 1.78. The Kier molecular flexibility index (Phi) is 10.2. The zero-order valence-electron chi connectivity index (χ0n) is 15.5. The van der Waals surface area contributed by atoms with E-state index in [1.165, 1.54) is 24.9 Å². The number of carbonyl (C=O) groups excluding carboxylic acids is 1. The second-order valence-electron chi connectivity index (χ2n) is 5.04. The highest BCUT2D eigenvalue weighted by Gasteiger charge is 2.18. The molecule has 0 amide bonds. The van der Waals surface area contributed by atoms with E-state index in [-0.39, 0.29) is 5.97 Å². The third kappa shape index (κ3) is 5.82. The van der Waals surface area contributed by atoms with Crippen LogP contribution >= 0.6 is 11.3 Å². The van der Waals surface area contributed by atoms with Gasteiger partial charge in [0.2, 0.25) is 0 Å². The van der Waals surface area contributed by atoms with Crippen molar-refractivity contribution >= 4 is 27.5 Å². The molecule has 0 saturated heterocycles. The Morgan fingerprint density at radius 3 is 2.30 bits per heavy atom. The van der Waals surface area contributed by atoms with Crippen LogP contribution in [0.4, 0.5) is 0 Å². The minimum Gasteiger partial charge on any atom is -0.495 e. The van der Waals surface area contributed by atoms with E-state index in [1.54, 1.807) is 19.4 Å². The number of ether oxygens (including phenoxy) is 2. The lowest BCUT2D eigenvalue weighted by atomic mass is 10.2. The van der Waals surface area contributed by atoms with E-state index >= 15 is 0 Å². The van der Waals surface area contributed by atoms with E-state index in [4.69, 9.17) is 9.47 Å². The fraction of sp³-hybridized carbons (Fsp3) is 0.556. The minimum atomic E-state index is -0.331. The van der Waals surface area contributed by atoms with Crippen molar-refractivity contribution in [1.82, 2.24) is 4.98 Å². The van der Waals surface area contributed by atoms with Crippen molar-refractivity contribution in [2.45, 2.75) is 48.0 Å². The predicted octanol–water partition coefficient (Wildman–Crippen LogP) is 5.48. The first-order chi connectivity index (χ1) is 11.0. The molecule has 5 heteroatoms. The van der Waals surface area contributed by atoms with E-state index in [2.05, 4.69) is 25.8 Å². The Hall–Kier alpha value is -1.62. The number of esters is 1. The van der Waals surface area contributed by atoms with Gasteiger partial charge in [-0.2, -0.15) is 0 Å². The van der Waals surface area contributed by atoms with Crippen molar-refractivity contribution < 1.29 is 14.3 Å². The van der Waals surface area contributed by atoms with Crippen LogP contribution in [0.5, 0.6) is 5.75 Å². The molecule has 2 heterocycles. The average molecular weight is 340 g/mol. The molecule has 23 heavy (non-hydrogen) atoms. The van der Waals surface area contributed by atoms with Gasteiger partial charge in [-0.1, -0.05) is 41.0 Å². The van der Waals surface area contributed by atoms with Crippen molar-refractivity contribution in [2.75, 3.05) is 14.2 Å². The van der Waals surface area contributed by atoms with Gasteiger partial charge >= 0.3 is 5.97 Å².